The van der Waals surface area contributed by atoms with Crippen LogP contribution < -0.4 is 9.47 Å². The molecule has 0 aromatic heterocycles. The molecule has 2 aliphatic rings. The Balaban J connectivity index is 1.58. The number of fused-ring (bicyclic) bond motifs is 1. The zero-order chi connectivity index (χ0) is 18.1. The molecule has 6 nitrogen and oxygen atoms in total. The topological polar surface area (TPSA) is 76.1 Å². The van der Waals surface area contributed by atoms with Gasteiger partial charge in [-0.05, 0) is 23.8 Å². The number of aliphatic carboxylic acids is 1. The van der Waals surface area contributed by atoms with Crippen molar-refractivity contribution in [3.05, 3.63) is 59.7 Å². The van der Waals surface area contributed by atoms with E-state index in [0.29, 0.717) is 36.8 Å². The molecule has 4 rings (SSSR count). The van der Waals surface area contributed by atoms with E-state index in [1.54, 1.807) is 23.1 Å². The van der Waals surface area contributed by atoms with E-state index in [1.165, 1.54) is 0 Å². The maximum absolute atomic E-state index is 12.9. The summed E-state index contributed by atoms with van der Waals surface area (Å²) < 4.78 is 11.0. The third-order valence-corrected chi connectivity index (χ3v) is 4.94. The molecule has 0 saturated carbocycles. The molecule has 2 aromatic carbocycles. The number of amides is 1. The second-order valence-corrected chi connectivity index (χ2v) is 6.53. The highest BCUT2D eigenvalue weighted by atomic mass is 16.6. The lowest BCUT2D eigenvalue weighted by atomic mass is 9.89. The van der Waals surface area contributed by atoms with E-state index in [4.69, 9.17) is 9.47 Å². The average molecular weight is 353 g/mol. The molecular formula is C20H19NO5. The Morgan fingerprint density at radius 1 is 0.962 bits per heavy atom. The van der Waals surface area contributed by atoms with Gasteiger partial charge in [-0.25, -0.2) is 0 Å². The van der Waals surface area contributed by atoms with Crippen molar-refractivity contribution in [2.45, 2.75) is 5.92 Å². The molecule has 2 aliphatic heterocycles. The third kappa shape index (κ3) is 2.98. The van der Waals surface area contributed by atoms with Crippen LogP contribution >= 0.6 is 0 Å². The van der Waals surface area contributed by atoms with Crippen LogP contribution in [0.25, 0.3) is 0 Å². The Kier molecular flexibility index (Phi) is 4.24. The molecule has 2 atom stereocenters. The summed E-state index contributed by atoms with van der Waals surface area (Å²) in [7, 11) is 0. The number of likely N-dealkylation sites (tertiary alicyclic amines) is 1. The zero-order valence-electron chi connectivity index (χ0n) is 14.1. The van der Waals surface area contributed by atoms with E-state index >= 15 is 0 Å². The summed E-state index contributed by atoms with van der Waals surface area (Å²) in [5, 5.41) is 9.60. The predicted molar refractivity (Wildman–Crippen MR) is 93.6 cm³/mol. The van der Waals surface area contributed by atoms with Gasteiger partial charge in [0, 0.05) is 24.6 Å². The normalized spacial score (nSPS) is 21.5. The summed E-state index contributed by atoms with van der Waals surface area (Å²) in [6.45, 7) is 1.52. The molecule has 1 N–H and O–H groups in total. The number of hydrogen-bond donors (Lipinski definition) is 1. The van der Waals surface area contributed by atoms with E-state index in [-0.39, 0.29) is 18.4 Å². The number of rotatable bonds is 3. The van der Waals surface area contributed by atoms with Crippen LogP contribution in [-0.2, 0) is 4.79 Å². The average Bonchev–Trinajstić information content (AvgIpc) is 3.13. The number of nitrogens with zero attached hydrogens (tertiary/aromatic N) is 1. The number of carboxylic acid groups (broad SMARTS) is 1. The maximum Gasteiger partial charge on any atom is 0.308 e. The van der Waals surface area contributed by atoms with Crippen LogP contribution in [0.5, 0.6) is 11.5 Å². The van der Waals surface area contributed by atoms with E-state index in [0.717, 1.165) is 5.56 Å². The van der Waals surface area contributed by atoms with Crippen molar-refractivity contribution in [3.63, 3.8) is 0 Å². The Hall–Kier alpha value is -3.02. The lowest BCUT2D eigenvalue weighted by molar-refractivity contribution is -0.141. The van der Waals surface area contributed by atoms with Gasteiger partial charge in [0.25, 0.3) is 5.91 Å². The Labute approximate surface area is 151 Å². The zero-order valence-corrected chi connectivity index (χ0v) is 14.1. The lowest BCUT2D eigenvalue weighted by Gasteiger charge is -2.20. The summed E-state index contributed by atoms with van der Waals surface area (Å²) >= 11 is 0. The number of carbonyl (C=O) groups excluding carboxylic acids is 1. The fraction of sp³-hybridized carbons (Fsp3) is 0.300. The largest absolute Gasteiger partial charge is 0.486 e. The van der Waals surface area contributed by atoms with Crippen molar-refractivity contribution in [3.8, 4) is 11.5 Å². The molecule has 0 bridgehead atoms. The number of carboxylic acids is 1. The molecular weight excluding hydrogens is 334 g/mol. The van der Waals surface area contributed by atoms with Gasteiger partial charge in [-0.2, -0.15) is 0 Å². The number of hydrogen-bond acceptors (Lipinski definition) is 4. The van der Waals surface area contributed by atoms with Crippen LogP contribution in [-0.4, -0.2) is 48.2 Å². The molecule has 6 heteroatoms. The maximum atomic E-state index is 12.9. The summed E-state index contributed by atoms with van der Waals surface area (Å²) in [6, 6.07) is 14.6. The first-order valence-electron chi connectivity index (χ1n) is 8.60. The molecule has 1 fully saturated rings. The Morgan fingerprint density at radius 3 is 2.42 bits per heavy atom. The number of benzene rings is 2. The molecule has 134 valence electrons. The highest BCUT2D eigenvalue weighted by Gasteiger charge is 2.40. The molecule has 2 aromatic rings. The van der Waals surface area contributed by atoms with Crippen molar-refractivity contribution >= 4 is 11.9 Å². The molecule has 2 heterocycles. The lowest BCUT2D eigenvalue weighted by Crippen LogP contribution is -2.30. The highest BCUT2D eigenvalue weighted by Crippen LogP contribution is 2.35. The summed E-state index contributed by atoms with van der Waals surface area (Å²) in [5.74, 6) is -0.716. The van der Waals surface area contributed by atoms with Crippen molar-refractivity contribution in [1.29, 1.82) is 0 Å². The van der Waals surface area contributed by atoms with Gasteiger partial charge in [-0.3, -0.25) is 9.59 Å². The van der Waals surface area contributed by atoms with Gasteiger partial charge in [0.15, 0.2) is 11.5 Å². The van der Waals surface area contributed by atoms with Gasteiger partial charge in [0.2, 0.25) is 0 Å². The van der Waals surface area contributed by atoms with Crippen LogP contribution in [0.3, 0.4) is 0 Å². The van der Waals surface area contributed by atoms with Gasteiger partial charge in [-0.1, -0.05) is 30.3 Å². The molecule has 0 spiro atoms. The van der Waals surface area contributed by atoms with Gasteiger partial charge in [0.05, 0.1) is 5.92 Å². The first kappa shape index (κ1) is 16.4. The molecule has 1 amide bonds. The fourth-order valence-electron chi connectivity index (χ4n) is 3.62. The minimum atomic E-state index is -0.878. The molecule has 1 saturated heterocycles. The molecule has 0 unspecified atom stereocenters. The van der Waals surface area contributed by atoms with E-state index < -0.39 is 11.9 Å². The highest BCUT2D eigenvalue weighted by molar-refractivity contribution is 5.95. The summed E-state index contributed by atoms with van der Waals surface area (Å²) in [6.07, 6.45) is 0. The molecule has 26 heavy (non-hydrogen) atoms. The Morgan fingerprint density at radius 2 is 1.69 bits per heavy atom. The third-order valence-electron chi connectivity index (χ3n) is 4.94. The summed E-state index contributed by atoms with van der Waals surface area (Å²) in [4.78, 5) is 26.2. The standard InChI is InChI=1S/C20H19NO5/c22-19(14-6-7-17-18(10-14)26-9-8-25-17)21-11-15(16(12-21)20(23)24)13-4-2-1-3-5-13/h1-7,10,15-16H,8-9,11-12H2,(H,23,24)/t15-,16-/m1/s1. The van der Waals surface area contributed by atoms with Crippen molar-refractivity contribution in [2.24, 2.45) is 5.92 Å². The molecule has 0 radical (unpaired) electrons. The van der Waals surface area contributed by atoms with Crippen LogP contribution in [0, 0.1) is 5.92 Å². The van der Waals surface area contributed by atoms with E-state index in [1.807, 2.05) is 30.3 Å². The van der Waals surface area contributed by atoms with E-state index in [9.17, 15) is 14.7 Å². The SMILES string of the molecule is O=C(O)[C@@H]1CN(C(=O)c2ccc3c(c2)OCCO3)C[C@@H]1c1ccccc1. The van der Waals surface area contributed by atoms with E-state index in [2.05, 4.69) is 0 Å². The minimum Gasteiger partial charge on any atom is -0.486 e. The van der Waals surface area contributed by atoms with Gasteiger partial charge in [-0.15, -0.1) is 0 Å². The minimum absolute atomic E-state index is 0.188. The Bertz CT molecular complexity index is 835. The van der Waals surface area contributed by atoms with Gasteiger partial charge < -0.3 is 19.5 Å². The smallest absolute Gasteiger partial charge is 0.308 e. The fourth-order valence-corrected chi connectivity index (χ4v) is 3.62. The second-order valence-electron chi connectivity index (χ2n) is 6.53. The van der Waals surface area contributed by atoms with Gasteiger partial charge >= 0.3 is 5.97 Å². The summed E-state index contributed by atoms with van der Waals surface area (Å²) in [5.41, 5.74) is 1.42. The quantitative estimate of drug-likeness (QED) is 0.917. The van der Waals surface area contributed by atoms with Crippen molar-refractivity contribution in [2.75, 3.05) is 26.3 Å². The van der Waals surface area contributed by atoms with Crippen LogP contribution in [0.4, 0.5) is 0 Å². The van der Waals surface area contributed by atoms with Crippen LogP contribution in [0.15, 0.2) is 48.5 Å². The van der Waals surface area contributed by atoms with Gasteiger partial charge in [0.1, 0.15) is 13.2 Å². The first-order chi connectivity index (χ1) is 12.6. The number of carbonyl (C=O) groups is 2. The predicted octanol–water partition coefficient (Wildman–Crippen LogP) is 2.40. The second kappa shape index (κ2) is 6.71. The number of ether oxygens (including phenoxy) is 2. The monoisotopic (exact) mass is 353 g/mol. The van der Waals surface area contributed by atoms with Crippen molar-refractivity contribution < 1.29 is 24.2 Å². The van der Waals surface area contributed by atoms with Crippen molar-refractivity contribution in [1.82, 2.24) is 4.90 Å². The molecule has 0 aliphatic carbocycles. The van der Waals surface area contributed by atoms with Crippen LogP contribution in [0.1, 0.15) is 21.8 Å². The van der Waals surface area contributed by atoms with Crippen LogP contribution in [0.2, 0.25) is 0 Å². The first-order valence-corrected chi connectivity index (χ1v) is 8.60.